The Bertz CT molecular complexity index is 632. The van der Waals surface area contributed by atoms with Gasteiger partial charge in [-0.15, -0.1) is 10.2 Å². The van der Waals surface area contributed by atoms with Gasteiger partial charge in [0.05, 0.1) is 0 Å². The van der Waals surface area contributed by atoms with Crippen molar-refractivity contribution in [1.29, 1.82) is 0 Å². The predicted octanol–water partition coefficient (Wildman–Crippen LogP) is 3.58. The lowest BCUT2D eigenvalue weighted by molar-refractivity contribution is 0.0686. The van der Waals surface area contributed by atoms with E-state index in [-0.39, 0.29) is 6.10 Å². The van der Waals surface area contributed by atoms with Crippen LogP contribution in [0.1, 0.15) is 12.0 Å². The second-order valence-corrected chi connectivity index (χ2v) is 6.12. The van der Waals surface area contributed by atoms with Crippen molar-refractivity contribution in [1.82, 2.24) is 10.2 Å². The highest BCUT2D eigenvalue weighted by Crippen LogP contribution is 2.36. The fraction of sp³-hybridized carbons (Fsp3) is 0.231. The van der Waals surface area contributed by atoms with Gasteiger partial charge < -0.3 is 13.9 Å². The van der Waals surface area contributed by atoms with Crippen molar-refractivity contribution in [2.24, 2.45) is 0 Å². The van der Waals surface area contributed by atoms with Gasteiger partial charge in [0.1, 0.15) is 6.61 Å². The Morgan fingerprint density at radius 1 is 1.35 bits per heavy atom. The second kappa shape index (κ2) is 5.88. The molecule has 1 aromatic carbocycles. The molecule has 20 heavy (non-hydrogen) atoms. The van der Waals surface area contributed by atoms with Crippen molar-refractivity contribution in [3.05, 3.63) is 41.2 Å². The van der Waals surface area contributed by atoms with E-state index in [4.69, 9.17) is 13.9 Å². The van der Waals surface area contributed by atoms with Crippen molar-refractivity contribution in [2.45, 2.75) is 11.3 Å². The van der Waals surface area contributed by atoms with Crippen molar-refractivity contribution >= 4 is 27.7 Å². The summed E-state index contributed by atoms with van der Waals surface area (Å²) in [7, 11) is 0. The number of fused-ring (bicyclic) bond motifs is 1. The summed E-state index contributed by atoms with van der Waals surface area (Å²) >= 11 is 4.70. The summed E-state index contributed by atoms with van der Waals surface area (Å²) in [5.74, 6) is 2.51. The normalized spacial score (nSPS) is 16.9. The molecule has 0 spiro atoms. The van der Waals surface area contributed by atoms with Gasteiger partial charge in [-0.25, -0.2) is 0 Å². The molecule has 0 fully saturated rings. The van der Waals surface area contributed by atoms with Gasteiger partial charge in [-0.1, -0.05) is 46.4 Å². The molecule has 2 heterocycles. The van der Waals surface area contributed by atoms with Crippen LogP contribution >= 0.6 is 27.7 Å². The van der Waals surface area contributed by atoms with Crippen LogP contribution in [-0.2, 0) is 0 Å². The van der Waals surface area contributed by atoms with Crippen LogP contribution in [0, 0.1) is 0 Å². The molecule has 7 heteroatoms. The topological polar surface area (TPSA) is 57.4 Å². The number of para-hydroxylation sites is 2. The molecule has 2 aromatic rings. The Kier molecular flexibility index (Phi) is 3.98. The van der Waals surface area contributed by atoms with Gasteiger partial charge in [0.15, 0.2) is 11.5 Å². The molecule has 1 atom stereocenters. The van der Waals surface area contributed by atoms with Gasteiger partial charge >= 0.3 is 0 Å². The summed E-state index contributed by atoms with van der Waals surface area (Å²) in [5.41, 5.74) is 0. The first-order valence-electron chi connectivity index (χ1n) is 5.90. The first kappa shape index (κ1) is 13.5. The molecule has 0 unspecified atom stereocenters. The Balaban J connectivity index is 1.70. The lowest BCUT2D eigenvalue weighted by atomic mass is 10.2. The van der Waals surface area contributed by atoms with E-state index in [0.717, 1.165) is 10.2 Å². The first-order chi connectivity index (χ1) is 9.72. The summed E-state index contributed by atoms with van der Waals surface area (Å²) in [6, 6.07) is 7.50. The number of thioether (sulfide) groups is 1. The Hall–Kier alpha value is -1.47. The van der Waals surface area contributed by atoms with Crippen LogP contribution in [-0.4, -0.2) is 22.6 Å². The van der Waals surface area contributed by atoms with Gasteiger partial charge in [0.2, 0.25) is 6.10 Å². The molecule has 1 aromatic heterocycles. The number of rotatable bonds is 4. The van der Waals surface area contributed by atoms with Crippen LogP contribution in [0.4, 0.5) is 0 Å². The van der Waals surface area contributed by atoms with E-state index in [2.05, 4.69) is 32.7 Å². The average molecular weight is 355 g/mol. The van der Waals surface area contributed by atoms with E-state index < -0.39 is 0 Å². The van der Waals surface area contributed by atoms with Crippen molar-refractivity contribution in [2.75, 3.05) is 12.4 Å². The molecular formula is C13H11BrN2O3S. The van der Waals surface area contributed by atoms with E-state index in [0.29, 0.717) is 29.2 Å². The van der Waals surface area contributed by atoms with E-state index in [1.807, 2.05) is 24.3 Å². The zero-order chi connectivity index (χ0) is 13.9. The third kappa shape index (κ3) is 2.99. The number of hydrogen-bond donors (Lipinski definition) is 0. The number of halogens is 1. The zero-order valence-corrected chi connectivity index (χ0v) is 12.8. The summed E-state index contributed by atoms with van der Waals surface area (Å²) in [4.78, 5) is 0. The van der Waals surface area contributed by atoms with Crippen LogP contribution in [0.3, 0.4) is 0 Å². The maximum atomic E-state index is 5.80. The van der Waals surface area contributed by atoms with Crippen LogP contribution in [0.5, 0.6) is 11.5 Å². The number of benzene rings is 1. The van der Waals surface area contributed by atoms with Crippen molar-refractivity contribution in [3.63, 3.8) is 0 Å². The lowest BCUT2D eigenvalue weighted by Crippen LogP contribution is -2.21. The van der Waals surface area contributed by atoms with Gasteiger partial charge in [0, 0.05) is 5.75 Å². The number of aromatic nitrogens is 2. The van der Waals surface area contributed by atoms with Crippen LogP contribution < -0.4 is 9.47 Å². The molecule has 0 amide bonds. The maximum absolute atomic E-state index is 5.80. The smallest absolute Gasteiger partial charge is 0.277 e. The lowest BCUT2D eigenvalue weighted by Gasteiger charge is -2.23. The Morgan fingerprint density at radius 3 is 2.95 bits per heavy atom. The monoisotopic (exact) mass is 354 g/mol. The third-order valence-electron chi connectivity index (χ3n) is 2.56. The van der Waals surface area contributed by atoms with E-state index in [9.17, 15) is 0 Å². The highest BCUT2D eigenvalue weighted by atomic mass is 79.9. The molecule has 5 nitrogen and oxygen atoms in total. The summed E-state index contributed by atoms with van der Waals surface area (Å²) in [6.45, 7) is 4.11. The molecule has 0 saturated heterocycles. The molecule has 0 aliphatic carbocycles. The predicted molar refractivity (Wildman–Crippen MR) is 78.4 cm³/mol. The molecule has 0 N–H and O–H groups in total. The molecule has 0 saturated carbocycles. The third-order valence-corrected chi connectivity index (χ3v) is 4.11. The van der Waals surface area contributed by atoms with Gasteiger partial charge in [0.25, 0.3) is 11.1 Å². The highest BCUT2D eigenvalue weighted by molar-refractivity contribution is 9.11. The molecule has 0 radical (unpaired) electrons. The first-order valence-corrected chi connectivity index (χ1v) is 7.68. The minimum Gasteiger partial charge on any atom is -0.485 e. The fourth-order valence-corrected chi connectivity index (χ4v) is 2.56. The van der Waals surface area contributed by atoms with Crippen molar-refractivity contribution < 1.29 is 13.9 Å². The minimum atomic E-state index is -0.376. The second-order valence-electron chi connectivity index (χ2n) is 4.08. The SMILES string of the molecule is C=C(Br)CSc1nnc([C@@H]2COc3ccccc3O2)o1. The maximum Gasteiger partial charge on any atom is 0.277 e. The highest BCUT2D eigenvalue weighted by Gasteiger charge is 2.27. The number of ether oxygens (including phenoxy) is 2. The number of nitrogens with zero attached hydrogens (tertiary/aromatic N) is 2. The van der Waals surface area contributed by atoms with E-state index >= 15 is 0 Å². The van der Waals surface area contributed by atoms with E-state index in [1.165, 1.54) is 11.8 Å². The quantitative estimate of drug-likeness (QED) is 0.782. The van der Waals surface area contributed by atoms with Crippen LogP contribution in [0.25, 0.3) is 0 Å². The Labute approximate surface area is 128 Å². The fourth-order valence-electron chi connectivity index (χ4n) is 1.69. The van der Waals surface area contributed by atoms with Gasteiger partial charge in [-0.2, -0.15) is 0 Å². The molecule has 1 aliphatic heterocycles. The standard InChI is InChI=1S/C13H11BrN2O3S/c1-8(14)7-20-13-16-15-12(19-13)11-6-17-9-4-2-3-5-10(9)18-11/h2-5,11H,1,6-7H2/t11-/m0/s1. The molecule has 0 bridgehead atoms. The molecular weight excluding hydrogens is 344 g/mol. The zero-order valence-electron chi connectivity index (χ0n) is 10.4. The van der Waals surface area contributed by atoms with Crippen LogP contribution in [0.2, 0.25) is 0 Å². The van der Waals surface area contributed by atoms with Gasteiger partial charge in [-0.3, -0.25) is 0 Å². The summed E-state index contributed by atoms with van der Waals surface area (Å²) < 4.78 is 17.8. The van der Waals surface area contributed by atoms with E-state index in [1.54, 1.807) is 0 Å². The molecule has 3 rings (SSSR count). The summed E-state index contributed by atoms with van der Waals surface area (Å²) in [5, 5.41) is 8.46. The summed E-state index contributed by atoms with van der Waals surface area (Å²) in [6.07, 6.45) is -0.376. The molecule has 1 aliphatic rings. The average Bonchev–Trinajstić information content (AvgIpc) is 2.93. The van der Waals surface area contributed by atoms with Crippen LogP contribution in [0.15, 0.2) is 45.0 Å². The Morgan fingerprint density at radius 2 is 2.15 bits per heavy atom. The minimum absolute atomic E-state index is 0.356. The largest absolute Gasteiger partial charge is 0.485 e. The number of hydrogen-bond acceptors (Lipinski definition) is 6. The van der Waals surface area contributed by atoms with Gasteiger partial charge in [-0.05, 0) is 16.6 Å². The van der Waals surface area contributed by atoms with Crippen molar-refractivity contribution in [3.8, 4) is 11.5 Å². The molecule has 104 valence electrons.